The molecule has 0 aromatic carbocycles. The number of hydrogen-bond donors (Lipinski definition) is 1. The lowest BCUT2D eigenvalue weighted by atomic mass is 9.94. The molecule has 88 valence electrons. The van der Waals surface area contributed by atoms with Crippen LogP contribution in [-0.2, 0) is 4.79 Å². The Labute approximate surface area is 93.2 Å². The van der Waals surface area contributed by atoms with Crippen LogP contribution in [0.15, 0.2) is 0 Å². The molecule has 0 radical (unpaired) electrons. The van der Waals surface area contributed by atoms with Gasteiger partial charge in [0.25, 0.3) is 0 Å². The van der Waals surface area contributed by atoms with Crippen LogP contribution in [-0.4, -0.2) is 36.0 Å². The van der Waals surface area contributed by atoms with Crippen LogP contribution in [0.1, 0.15) is 34.6 Å². The lowest BCUT2D eigenvalue weighted by Crippen LogP contribution is -2.59. The van der Waals surface area contributed by atoms with Gasteiger partial charge in [0.1, 0.15) is 0 Å². The molecule has 1 unspecified atom stereocenters. The molecule has 1 atom stereocenters. The first-order valence-electron chi connectivity index (χ1n) is 5.87. The Kier molecular flexibility index (Phi) is 3.77. The highest BCUT2D eigenvalue weighted by atomic mass is 16.2. The quantitative estimate of drug-likeness (QED) is 0.752. The van der Waals surface area contributed by atoms with Crippen LogP contribution in [0.5, 0.6) is 0 Å². The topological polar surface area (TPSA) is 32.3 Å². The number of piperazine rings is 1. The molecule has 15 heavy (non-hydrogen) atoms. The molecule has 0 aromatic heterocycles. The molecule has 0 aromatic rings. The van der Waals surface area contributed by atoms with Crippen LogP contribution < -0.4 is 5.32 Å². The van der Waals surface area contributed by atoms with Crippen molar-refractivity contribution in [2.24, 2.45) is 11.8 Å². The fourth-order valence-electron chi connectivity index (χ4n) is 1.90. The molecule has 0 spiro atoms. The van der Waals surface area contributed by atoms with Gasteiger partial charge in [0.05, 0.1) is 0 Å². The second-order valence-corrected chi connectivity index (χ2v) is 5.60. The summed E-state index contributed by atoms with van der Waals surface area (Å²) in [5, 5.41) is 3.42. The van der Waals surface area contributed by atoms with Crippen molar-refractivity contribution in [3.8, 4) is 0 Å². The first kappa shape index (κ1) is 12.5. The van der Waals surface area contributed by atoms with Crippen LogP contribution in [0, 0.1) is 11.8 Å². The number of carbonyl (C=O) groups is 1. The van der Waals surface area contributed by atoms with Gasteiger partial charge in [0.2, 0.25) is 5.91 Å². The molecular weight excluding hydrogens is 188 g/mol. The highest BCUT2D eigenvalue weighted by molar-refractivity contribution is 5.79. The van der Waals surface area contributed by atoms with Crippen molar-refractivity contribution in [2.45, 2.75) is 40.2 Å². The van der Waals surface area contributed by atoms with Crippen LogP contribution in [0.4, 0.5) is 0 Å². The second kappa shape index (κ2) is 4.52. The van der Waals surface area contributed by atoms with Gasteiger partial charge in [0, 0.05) is 31.1 Å². The Morgan fingerprint density at radius 1 is 1.33 bits per heavy atom. The number of carbonyl (C=O) groups excluding carboxylic acids is 1. The summed E-state index contributed by atoms with van der Waals surface area (Å²) in [4.78, 5) is 14.1. The minimum Gasteiger partial charge on any atom is -0.339 e. The van der Waals surface area contributed by atoms with E-state index in [0.717, 1.165) is 19.6 Å². The monoisotopic (exact) mass is 212 g/mol. The molecule has 1 aliphatic heterocycles. The number of hydrogen-bond acceptors (Lipinski definition) is 2. The van der Waals surface area contributed by atoms with E-state index in [9.17, 15) is 4.79 Å². The largest absolute Gasteiger partial charge is 0.339 e. The van der Waals surface area contributed by atoms with Crippen molar-refractivity contribution in [3.05, 3.63) is 0 Å². The summed E-state index contributed by atoms with van der Waals surface area (Å²) in [6, 6.07) is 0. The Bertz CT molecular complexity index is 236. The summed E-state index contributed by atoms with van der Waals surface area (Å²) in [5.74, 6) is 0.869. The normalized spacial score (nSPS) is 22.9. The molecule has 3 nitrogen and oxygen atoms in total. The van der Waals surface area contributed by atoms with E-state index in [1.165, 1.54) is 0 Å². The number of nitrogens with one attached hydrogen (secondary N) is 1. The third-order valence-corrected chi connectivity index (χ3v) is 3.27. The van der Waals surface area contributed by atoms with Crippen molar-refractivity contribution >= 4 is 5.91 Å². The van der Waals surface area contributed by atoms with E-state index in [-0.39, 0.29) is 11.5 Å². The average Bonchev–Trinajstić information content (AvgIpc) is 2.13. The average molecular weight is 212 g/mol. The van der Waals surface area contributed by atoms with Crippen molar-refractivity contribution in [1.82, 2.24) is 10.2 Å². The maximum atomic E-state index is 12.1. The van der Waals surface area contributed by atoms with Gasteiger partial charge >= 0.3 is 0 Å². The van der Waals surface area contributed by atoms with Crippen LogP contribution in [0.25, 0.3) is 0 Å². The molecule has 1 saturated heterocycles. The molecule has 1 aliphatic rings. The SMILES string of the molecule is CC(C)C(C)C(=O)N1CCNC(C)(C)C1. The van der Waals surface area contributed by atoms with Gasteiger partial charge in [-0.3, -0.25) is 4.79 Å². The molecule has 1 fully saturated rings. The summed E-state index contributed by atoms with van der Waals surface area (Å²) in [7, 11) is 0. The Hall–Kier alpha value is -0.570. The van der Waals surface area contributed by atoms with Crippen LogP contribution >= 0.6 is 0 Å². The third kappa shape index (κ3) is 3.20. The number of nitrogens with zero attached hydrogens (tertiary/aromatic N) is 1. The summed E-state index contributed by atoms with van der Waals surface area (Å²) < 4.78 is 0. The Morgan fingerprint density at radius 3 is 2.40 bits per heavy atom. The molecule has 1 rings (SSSR count). The predicted octanol–water partition coefficient (Wildman–Crippen LogP) is 1.49. The standard InChI is InChI=1S/C12H24N2O/c1-9(2)10(3)11(15)14-7-6-13-12(4,5)8-14/h9-10,13H,6-8H2,1-5H3. The first-order chi connectivity index (χ1) is 6.83. The molecule has 1 heterocycles. The molecule has 0 saturated carbocycles. The van der Waals surface area contributed by atoms with Crippen molar-refractivity contribution in [1.29, 1.82) is 0 Å². The molecular formula is C12H24N2O. The highest BCUT2D eigenvalue weighted by Crippen LogP contribution is 2.17. The van der Waals surface area contributed by atoms with E-state index in [1.807, 2.05) is 11.8 Å². The van der Waals surface area contributed by atoms with Crippen molar-refractivity contribution in [2.75, 3.05) is 19.6 Å². The van der Waals surface area contributed by atoms with E-state index >= 15 is 0 Å². The van der Waals surface area contributed by atoms with Gasteiger partial charge in [-0.2, -0.15) is 0 Å². The van der Waals surface area contributed by atoms with E-state index < -0.39 is 0 Å². The second-order valence-electron chi connectivity index (χ2n) is 5.60. The number of amides is 1. The summed E-state index contributed by atoms with van der Waals surface area (Å²) in [6.45, 7) is 13.1. The van der Waals surface area contributed by atoms with Crippen LogP contribution in [0.2, 0.25) is 0 Å². The van der Waals surface area contributed by atoms with Gasteiger partial charge < -0.3 is 10.2 Å². The molecule has 0 bridgehead atoms. The zero-order valence-electron chi connectivity index (χ0n) is 10.6. The molecule has 0 aliphatic carbocycles. The minimum atomic E-state index is 0.0601. The predicted molar refractivity (Wildman–Crippen MR) is 62.7 cm³/mol. The summed E-state index contributed by atoms with van der Waals surface area (Å²) in [5.41, 5.74) is 0.0601. The summed E-state index contributed by atoms with van der Waals surface area (Å²) in [6.07, 6.45) is 0. The Morgan fingerprint density at radius 2 is 1.93 bits per heavy atom. The van der Waals surface area contributed by atoms with Crippen LogP contribution in [0.3, 0.4) is 0 Å². The minimum absolute atomic E-state index is 0.0601. The highest BCUT2D eigenvalue weighted by Gasteiger charge is 2.31. The van der Waals surface area contributed by atoms with Gasteiger partial charge in [-0.15, -0.1) is 0 Å². The van der Waals surface area contributed by atoms with E-state index in [2.05, 4.69) is 33.0 Å². The van der Waals surface area contributed by atoms with Crippen molar-refractivity contribution < 1.29 is 4.79 Å². The molecule has 3 heteroatoms. The van der Waals surface area contributed by atoms with E-state index in [4.69, 9.17) is 0 Å². The van der Waals surface area contributed by atoms with E-state index in [0.29, 0.717) is 11.8 Å². The lowest BCUT2D eigenvalue weighted by Gasteiger charge is -2.40. The third-order valence-electron chi connectivity index (χ3n) is 3.27. The van der Waals surface area contributed by atoms with Crippen molar-refractivity contribution in [3.63, 3.8) is 0 Å². The van der Waals surface area contributed by atoms with Gasteiger partial charge in [-0.05, 0) is 19.8 Å². The smallest absolute Gasteiger partial charge is 0.225 e. The first-order valence-corrected chi connectivity index (χ1v) is 5.87. The zero-order chi connectivity index (χ0) is 11.6. The van der Waals surface area contributed by atoms with Gasteiger partial charge in [0.15, 0.2) is 0 Å². The number of rotatable bonds is 2. The maximum Gasteiger partial charge on any atom is 0.225 e. The molecule has 1 N–H and O–H groups in total. The van der Waals surface area contributed by atoms with Gasteiger partial charge in [-0.25, -0.2) is 0 Å². The zero-order valence-corrected chi connectivity index (χ0v) is 10.6. The lowest BCUT2D eigenvalue weighted by molar-refractivity contribution is -0.138. The summed E-state index contributed by atoms with van der Waals surface area (Å²) >= 11 is 0. The van der Waals surface area contributed by atoms with E-state index in [1.54, 1.807) is 0 Å². The fourth-order valence-corrected chi connectivity index (χ4v) is 1.90. The Balaban J connectivity index is 2.60. The maximum absolute atomic E-state index is 12.1. The fraction of sp³-hybridized carbons (Fsp3) is 0.917. The molecule has 1 amide bonds. The van der Waals surface area contributed by atoms with Gasteiger partial charge in [-0.1, -0.05) is 20.8 Å².